The number of rotatable bonds is 6. The van der Waals surface area contributed by atoms with E-state index in [9.17, 15) is 19.1 Å². The Kier molecular flexibility index (Phi) is 6.02. The molecule has 8 heteroatoms. The molecule has 0 bridgehead atoms. The zero-order valence-corrected chi connectivity index (χ0v) is 13.8. The topological polar surface area (TPSA) is 101 Å². The molecule has 1 atom stereocenters. The number of benzene rings is 2. The van der Waals surface area contributed by atoms with Gasteiger partial charge in [-0.1, -0.05) is 24.3 Å². The van der Waals surface area contributed by atoms with Crippen molar-refractivity contribution in [2.24, 2.45) is 0 Å². The molecule has 2 aromatic carbocycles. The maximum Gasteiger partial charge on any atom is 0.315 e. The van der Waals surface area contributed by atoms with Crippen molar-refractivity contribution in [3.8, 4) is 0 Å². The number of nitro groups is 1. The van der Waals surface area contributed by atoms with E-state index in [0.29, 0.717) is 6.54 Å². The molecular formula is C16H17N3O4S. The van der Waals surface area contributed by atoms with Gasteiger partial charge in [0.1, 0.15) is 0 Å². The van der Waals surface area contributed by atoms with E-state index in [4.69, 9.17) is 0 Å². The van der Waals surface area contributed by atoms with Crippen LogP contribution in [0.4, 0.5) is 10.5 Å². The molecule has 24 heavy (non-hydrogen) atoms. The van der Waals surface area contributed by atoms with Crippen LogP contribution in [0.25, 0.3) is 0 Å². The minimum Gasteiger partial charge on any atom is -0.334 e. The summed E-state index contributed by atoms with van der Waals surface area (Å²) in [6.07, 6.45) is 1.61. The van der Waals surface area contributed by atoms with Crippen LogP contribution in [0.15, 0.2) is 53.4 Å². The molecule has 2 rings (SSSR count). The second kappa shape index (κ2) is 8.21. The zero-order valence-electron chi connectivity index (χ0n) is 13.0. The second-order valence-electron chi connectivity index (χ2n) is 5.06. The average Bonchev–Trinajstić information content (AvgIpc) is 2.58. The molecule has 0 aliphatic rings. The summed E-state index contributed by atoms with van der Waals surface area (Å²) in [5.41, 5.74) is 1.68. The molecule has 0 aliphatic heterocycles. The molecule has 0 saturated carbocycles. The van der Waals surface area contributed by atoms with Gasteiger partial charge < -0.3 is 10.6 Å². The number of amides is 2. The Balaban J connectivity index is 1.78. The first kappa shape index (κ1) is 17.6. The van der Waals surface area contributed by atoms with Crippen LogP contribution in [0.2, 0.25) is 0 Å². The highest BCUT2D eigenvalue weighted by Gasteiger charge is 2.05. The Hall–Kier alpha value is -2.74. The van der Waals surface area contributed by atoms with Crippen molar-refractivity contribution in [1.29, 1.82) is 0 Å². The van der Waals surface area contributed by atoms with Crippen LogP contribution in [0, 0.1) is 10.1 Å². The maximum atomic E-state index is 11.8. The predicted molar refractivity (Wildman–Crippen MR) is 90.9 cm³/mol. The van der Waals surface area contributed by atoms with Crippen molar-refractivity contribution in [2.75, 3.05) is 6.26 Å². The maximum absolute atomic E-state index is 11.8. The molecule has 0 aliphatic carbocycles. The summed E-state index contributed by atoms with van der Waals surface area (Å²) in [7, 11) is -1.02. The third-order valence-electron chi connectivity index (χ3n) is 3.31. The van der Waals surface area contributed by atoms with E-state index in [1.807, 2.05) is 12.1 Å². The predicted octanol–water partition coefficient (Wildman–Crippen LogP) is 2.33. The van der Waals surface area contributed by atoms with Gasteiger partial charge in [-0.25, -0.2) is 4.79 Å². The highest BCUT2D eigenvalue weighted by Crippen LogP contribution is 2.11. The fourth-order valence-corrected chi connectivity index (χ4v) is 2.48. The van der Waals surface area contributed by atoms with Crippen LogP contribution < -0.4 is 10.6 Å². The number of nitrogens with zero attached hydrogens (tertiary/aromatic N) is 1. The van der Waals surface area contributed by atoms with Crippen LogP contribution in [-0.2, 0) is 23.9 Å². The quantitative estimate of drug-likeness (QED) is 0.618. The van der Waals surface area contributed by atoms with E-state index in [1.165, 1.54) is 12.1 Å². The molecule has 0 spiro atoms. The summed E-state index contributed by atoms with van der Waals surface area (Å²) in [5.74, 6) is 0. The van der Waals surface area contributed by atoms with Crippen LogP contribution >= 0.6 is 0 Å². The number of non-ortho nitro benzene ring substituents is 1. The number of nitrogens with one attached hydrogen (secondary N) is 2. The lowest BCUT2D eigenvalue weighted by atomic mass is 10.2. The number of carbonyl (C=O) groups excluding carboxylic acids is 1. The lowest BCUT2D eigenvalue weighted by Crippen LogP contribution is -2.34. The smallest absolute Gasteiger partial charge is 0.315 e. The third-order valence-corrected chi connectivity index (χ3v) is 4.24. The van der Waals surface area contributed by atoms with Gasteiger partial charge in [0, 0.05) is 47.2 Å². The van der Waals surface area contributed by atoms with Gasteiger partial charge in [0.2, 0.25) is 0 Å². The molecule has 0 heterocycles. The van der Waals surface area contributed by atoms with Gasteiger partial charge in [-0.15, -0.1) is 0 Å². The van der Waals surface area contributed by atoms with Crippen LogP contribution in [0.5, 0.6) is 0 Å². The first-order valence-electron chi connectivity index (χ1n) is 7.13. The first-order chi connectivity index (χ1) is 11.5. The van der Waals surface area contributed by atoms with Crippen molar-refractivity contribution in [1.82, 2.24) is 10.6 Å². The van der Waals surface area contributed by atoms with E-state index in [1.54, 1.807) is 30.5 Å². The Labute approximate surface area is 141 Å². The monoisotopic (exact) mass is 347 g/mol. The van der Waals surface area contributed by atoms with Gasteiger partial charge in [-0.05, 0) is 23.3 Å². The molecule has 0 aromatic heterocycles. The molecule has 2 aromatic rings. The van der Waals surface area contributed by atoms with Gasteiger partial charge >= 0.3 is 6.03 Å². The fourth-order valence-electron chi connectivity index (χ4n) is 1.96. The van der Waals surface area contributed by atoms with Gasteiger partial charge in [0.15, 0.2) is 0 Å². The number of urea groups is 1. The Morgan fingerprint density at radius 1 is 1.00 bits per heavy atom. The Morgan fingerprint density at radius 2 is 1.46 bits per heavy atom. The summed E-state index contributed by atoms with van der Waals surface area (Å²) in [4.78, 5) is 22.6. The van der Waals surface area contributed by atoms with Crippen molar-refractivity contribution in [3.05, 3.63) is 69.8 Å². The summed E-state index contributed by atoms with van der Waals surface area (Å²) >= 11 is 0. The molecule has 0 unspecified atom stereocenters. The van der Waals surface area contributed by atoms with Gasteiger partial charge in [-0.3, -0.25) is 14.3 Å². The first-order valence-corrected chi connectivity index (χ1v) is 8.69. The van der Waals surface area contributed by atoms with E-state index >= 15 is 0 Å². The molecule has 7 nitrogen and oxygen atoms in total. The standard InChI is InChI=1S/C16H17N3O4S/c1-24(23)15-8-4-13(5-9-15)11-18-16(20)17-10-12-2-6-14(7-3-12)19(21)22/h2-9H,10-11H2,1H3,(H2,17,18,20)/t24-/m1/s1. The number of hydrogen-bond donors (Lipinski definition) is 2. The van der Waals surface area contributed by atoms with Crippen molar-refractivity contribution >= 4 is 22.5 Å². The van der Waals surface area contributed by atoms with E-state index in [0.717, 1.165) is 16.0 Å². The molecule has 126 valence electrons. The molecule has 0 saturated heterocycles. The van der Waals surface area contributed by atoms with Crippen molar-refractivity contribution in [2.45, 2.75) is 18.0 Å². The lowest BCUT2D eigenvalue weighted by molar-refractivity contribution is -0.384. The zero-order chi connectivity index (χ0) is 17.5. The minimum absolute atomic E-state index is 0.0136. The Morgan fingerprint density at radius 3 is 1.88 bits per heavy atom. The average molecular weight is 347 g/mol. The van der Waals surface area contributed by atoms with E-state index < -0.39 is 15.7 Å². The highest BCUT2D eigenvalue weighted by atomic mass is 32.2. The van der Waals surface area contributed by atoms with Gasteiger partial charge in [-0.2, -0.15) is 0 Å². The van der Waals surface area contributed by atoms with E-state index in [2.05, 4.69) is 10.6 Å². The SMILES string of the molecule is C[S@@](=O)c1ccc(CNC(=O)NCc2ccc([N+](=O)[O-])cc2)cc1. The number of carbonyl (C=O) groups is 1. The lowest BCUT2D eigenvalue weighted by Gasteiger charge is -2.08. The molecule has 2 N–H and O–H groups in total. The fraction of sp³-hybridized carbons (Fsp3) is 0.188. The largest absolute Gasteiger partial charge is 0.334 e. The summed E-state index contributed by atoms with van der Waals surface area (Å²) in [6, 6.07) is 12.8. The number of hydrogen-bond acceptors (Lipinski definition) is 4. The van der Waals surface area contributed by atoms with Gasteiger partial charge in [0.25, 0.3) is 5.69 Å². The molecule has 0 fully saturated rings. The normalized spacial score (nSPS) is 11.5. The third kappa shape index (κ3) is 5.17. The molecular weight excluding hydrogens is 330 g/mol. The highest BCUT2D eigenvalue weighted by molar-refractivity contribution is 7.84. The van der Waals surface area contributed by atoms with Crippen LogP contribution in [0.3, 0.4) is 0 Å². The molecule has 0 radical (unpaired) electrons. The number of nitro benzene ring substituents is 1. The van der Waals surface area contributed by atoms with E-state index in [-0.39, 0.29) is 18.3 Å². The van der Waals surface area contributed by atoms with Gasteiger partial charge in [0.05, 0.1) is 4.92 Å². The summed E-state index contributed by atoms with van der Waals surface area (Å²) in [6.45, 7) is 0.625. The second-order valence-corrected chi connectivity index (χ2v) is 6.44. The Bertz CT molecular complexity index is 681. The van der Waals surface area contributed by atoms with Crippen LogP contribution in [0.1, 0.15) is 11.1 Å². The van der Waals surface area contributed by atoms with Crippen LogP contribution in [-0.4, -0.2) is 21.4 Å². The van der Waals surface area contributed by atoms with Crippen molar-refractivity contribution < 1.29 is 13.9 Å². The van der Waals surface area contributed by atoms with Crippen molar-refractivity contribution in [3.63, 3.8) is 0 Å². The summed E-state index contributed by atoms with van der Waals surface area (Å²) < 4.78 is 11.3. The minimum atomic E-state index is -1.02. The molecule has 2 amide bonds. The summed E-state index contributed by atoms with van der Waals surface area (Å²) in [5, 5.41) is 16.0.